The molecule has 0 saturated carbocycles. The van der Waals surface area contributed by atoms with Crippen molar-refractivity contribution in [2.45, 2.75) is 6.36 Å². The molecule has 0 spiro atoms. The zero-order valence-electron chi connectivity index (χ0n) is 9.09. The van der Waals surface area contributed by atoms with Gasteiger partial charge < -0.3 is 4.74 Å². The fourth-order valence-electron chi connectivity index (χ4n) is 1.12. The number of hydrogen-bond acceptors (Lipinski definition) is 2. The van der Waals surface area contributed by atoms with Crippen LogP contribution in [0.4, 0.5) is 5.69 Å². The number of ether oxygens (including phenoxy) is 1. The zero-order valence-corrected chi connectivity index (χ0v) is 19.9. The van der Waals surface area contributed by atoms with Crippen molar-refractivity contribution < 1.29 is 9.53 Å². The second-order valence-corrected chi connectivity index (χ2v) is 16.3. The van der Waals surface area contributed by atoms with E-state index in [1.54, 1.807) is 3.11 Å². The molecule has 1 aromatic rings. The average molecular weight is 809 g/mol. The first-order valence-corrected chi connectivity index (χ1v) is 10.0. The van der Waals surface area contributed by atoms with Crippen LogP contribution in [0.1, 0.15) is 6.92 Å². The van der Waals surface area contributed by atoms with Crippen molar-refractivity contribution in [3.63, 3.8) is 0 Å². The van der Waals surface area contributed by atoms with E-state index in [0.29, 0.717) is 6.61 Å². The van der Waals surface area contributed by atoms with Gasteiger partial charge in [0.15, 0.2) is 0 Å². The number of hydrogen-bond donors (Lipinski definition) is 0. The fraction of sp³-hybridized carbons (Fsp3) is 0.300. The number of nitrogens with zero attached hydrogens (tertiary/aromatic N) is 1. The lowest BCUT2D eigenvalue weighted by Gasteiger charge is -2.21. The predicted octanol–water partition coefficient (Wildman–Crippen LogP) is 5.33. The summed E-state index contributed by atoms with van der Waals surface area (Å²) in [6, 6.07) is 5.73. The number of rotatable bonds is 4. The van der Waals surface area contributed by atoms with Gasteiger partial charge in [-0.05, 0) is 115 Å². The molecule has 0 fully saturated rings. The number of anilines is 1. The van der Waals surface area contributed by atoms with E-state index in [4.69, 9.17) is 4.74 Å². The molecule has 0 saturated heterocycles. The van der Waals surface area contributed by atoms with Crippen LogP contribution in [0.15, 0.2) is 18.2 Å². The second-order valence-electron chi connectivity index (χ2n) is 3.13. The molecule has 1 amide bonds. The molecule has 0 aromatic heterocycles. The maximum atomic E-state index is 12.2. The van der Waals surface area contributed by atoms with Crippen molar-refractivity contribution in [1.29, 1.82) is 0 Å². The first-order valence-electron chi connectivity index (χ1n) is 4.76. The minimum absolute atomic E-state index is 0.0481. The smallest absolute Gasteiger partial charge is 0.272 e. The molecule has 0 bridgehead atoms. The summed E-state index contributed by atoms with van der Waals surface area (Å²) in [5.41, 5.74) is 0.888. The maximum Gasteiger partial charge on any atom is 0.272 e. The Labute approximate surface area is 175 Å². The summed E-state index contributed by atoms with van der Waals surface area (Å²) in [5.74, 6) is 0.875. The monoisotopic (exact) mass is 809 g/mol. The van der Waals surface area contributed by atoms with E-state index in [1.807, 2.05) is 48.0 Å². The first-order chi connectivity index (χ1) is 8.27. The van der Waals surface area contributed by atoms with Gasteiger partial charge in [-0.1, -0.05) is 0 Å². The van der Waals surface area contributed by atoms with Gasteiger partial charge in [0.1, 0.15) is 5.75 Å². The lowest BCUT2D eigenvalue weighted by molar-refractivity contribution is -0.115. The molecule has 0 radical (unpaired) electrons. The van der Waals surface area contributed by atoms with Gasteiger partial charge >= 0.3 is 0 Å². The molecule has 100 valence electrons. The van der Waals surface area contributed by atoms with Crippen LogP contribution in [0.2, 0.25) is 0 Å². The third-order valence-electron chi connectivity index (χ3n) is 1.86. The zero-order chi connectivity index (χ0) is 13.9. The summed E-state index contributed by atoms with van der Waals surface area (Å²) < 4.78 is 7.61. The Morgan fingerprint density at radius 1 is 1.39 bits per heavy atom. The summed E-state index contributed by atoms with van der Waals surface area (Å²) >= 11 is 10.6. The van der Waals surface area contributed by atoms with Crippen molar-refractivity contribution in [3.8, 4) is 5.75 Å². The molecule has 0 aliphatic rings. The van der Waals surface area contributed by atoms with Gasteiger partial charge in [0.2, 0.25) is -0.565 Å². The van der Waals surface area contributed by atoms with Gasteiger partial charge in [0.05, 0.1) is 35.2 Å². The highest BCUT2D eigenvalue weighted by atomic mass is 127. The third kappa shape index (κ3) is 5.16. The highest BCUT2D eigenvalue weighted by Gasteiger charge is 2.33. The highest BCUT2D eigenvalue weighted by molar-refractivity contribution is 14.3. The van der Waals surface area contributed by atoms with Crippen LogP contribution in [0.3, 0.4) is 0 Å². The summed E-state index contributed by atoms with van der Waals surface area (Å²) in [7, 11) is 0. The normalized spacial score (nSPS) is 11.2. The molecule has 1 rings (SSSR count). The van der Waals surface area contributed by atoms with Crippen LogP contribution in [0.5, 0.6) is 5.75 Å². The molecular formula is C10H8I5NO2. The number of alkyl halides is 3. The largest absolute Gasteiger partial charge is 0.494 e. The van der Waals surface area contributed by atoms with E-state index in [1.165, 1.54) is 0 Å². The summed E-state index contributed by atoms with van der Waals surface area (Å²) in [6.07, 6.45) is 0. The molecule has 3 nitrogen and oxygen atoms in total. The molecule has 0 aliphatic carbocycles. The van der Waals surface area contributed by atoms with Crippen molar-refractivity contribution in [2.24, 2.45) is 0 Å². The molecule has 0 unspecified atom stereocenters. The van der Waals surface area contributed by atoms with Gasteiger partial charge in [0.25, 0.3) is 5.91 Å². The summed E-state index contributed by atoms with van der Waals surface area (Å²) in [5, 5.41) is 0. The number of halogens is 5. The van der Waals surface area contributed by atoms with Gasteiger partial charge in [0, 0.05) is 3.57 Å². The quantitative estimate of drug-likeness (QED) is 0.234. The number of carbonyl (C=O) groups is 1. The molecule has 1 aromatic carbocycles. The Kier molecular flexibility index (Phi) is 8.04. The Morgan fingerprint density at radius 2 is 2.00 bits per heavy atom. The number of benzene rings is 1. The van der Waals surface area contributed by atoms with Crippen molar-refractivity contribution in [3.05, 3.63) is 21.8 Å². The minimum Gasteiger partial charge on any atom is -0.494 e. The fourth-order valence-corrected chi connectivity index (χ4v) is 5.20. The van der Waals surface area contributed by atoms with Gasteiger partial charge in [-0.3, -0.25) is 4.79 Å². The Balaban J connectivity index is 3.00. The molecular weight excluding hydrogens is 801 g/mol. The Hall–Kier alpha value is 2.14. The van der Waals surface area contributed by atoms with Crippen LogP contribution in [-0.2, 0) is 4.79 Å². The number of carbonyl (C=O) groups excluding carboxylic acids is 1. The van der Waals surface area contributed by atoms with E-state index in [0.717, 1.165) is 15.0 Å². The minimum atomic E-state index is -0.476. The molecule has 18 heavy (non-hydrogen) atoms. The summed E-state index contributed by atoms with van der Waals surface area (Å²) in [6.45, 7) is 2.59. The molecule has 0 aliphatic heterocycles. The molecule has 8 heteroatoms. The van der Waals surface area contributed by atoms with Gasteiger partial charge in [-0.2, -0.15) is 0 Å². The van der Waals surface area contributed by atoms with E-state index in [9.17, 15) is 4.79 Å². The van der Waals surface area contributed by atoms with E-state index < -0.39 is -0.565 Å². The Bertz CT molecular complexity index is 446. The van der Waals surface area contributed by atoms with Crippen LogP contribution < -0.4 is 7.85 Å². The first kappa shape index (κ1) is 18.2. The lowest BCUT2D eigenvalue weighted by atomic mass is 10.3. The van der Waals surface area contributed by atoms with Crippen LogP contribution >= 0.6 is 113 Å². The van der Waals surface area contributed by atoms with Crippen molar-refractivity contribution in [1.82, 2.24) is 0 Å². The molecule has 0 heterocycles. The third-order valence-corrected chi connectivity index (χ3v) is 5.07. The summed E-state index contributed by atoms with van der Waals surface area (Å²) in [4.78, 5) is 12.2. The Morgan fingerprint density at radius 3 is 2.44 bits per heavy atom. The SMILES string of the molecule is CCOc1ccc(N(I)C(=O)C(I)(I)I)c(I)c1. The van der Waals surface area contributed by atoms with Gasteiger partial charge in [-0.15, -0.1) is 0 Å². The van der Waals surface area contributed by atoms with Crippen LogP contribution in [0.25, 0.3) is 0 Å². The molecule has 0 atom stereocenters. The van der Waals surface area contributed by atoms with Gasteiger partial charge in [-0.25, -0.2) is 3.11 Å². The lowest BCUT2D eigenvalue weighted by Crippen LogP contribution is -2.31. The number of amides is 1. The predicted molar refractivity (Wildman–Crippen MR) is 117 cm³/mol. The van der Waals surface area contributed by atoms with E-state index in [2.05, 4.69) is 90.4 Å². The standard InChI is InChI=1S/C10H8I5NO2/c1-2-18-6-3-4-8(7(11)5-6)16(15)9(17)10(12,13)14/h3-5H,2H2,1H3. The molecule has 0 N–H and O–H groups in total. The van der Waals surface area contributed by atoms with Crippen LogP contribution in [0, 0.1) is 3.57 Å². The van der Waals surface area contributed by atoms with E-state index in [-0.39, 0.29) is 5.91 Å². The van der Waals surface area contributed by atoms with Crippen molar-refractivity contribution >= 4 is 125 Å². The average Bonchev–Trinajstić information content (AvgIpc) is 2.26. The second kappa shape index (κ2) is 7.95. The van der Waals surface area contributed by atoms with E-state index >= 15 is 0 Å². The highest BCUT2D eigenvalue weighted by Crippen LogP contribution is 2.40. The topological polar surface area (TPSA) is 29.5 Å². The van der Waals surface area contributed by atoms with Crippen molar-refractivity contribution in [2.75, 3.05) is 9.72 Å². The maximum absolute atomic E-state index is 12.2. The van der Waals surface area contributed by atoms with Crippen LogP contribution in [-0.4, -0.2) is 11.9 Å².